The zero-order valence-corrected chi connectivity index (χ0v) is 10.4. The summed E-state index contributed by atoms with van der Waals surface area (Å²) in [5.74, 6) is -3.22. The summed E-state index contributed by atoms with van der Waals surface area (Å²) in [5, 5.41) is 15.0. The monoisotopic (exact) mass is 270 g/mol. The summed E-state index contributed by atoms with van der Waals surface area (Å²) in [6.45, 7) is 1.75. The molecule has 1 aromatic rings. The first kappa shape index (κ1) is 13.7. The molecule has 0 amide bonds. The van der Waals surface area contributed by atoms with E-state index in [0.717, 1.165) is 38.4 Å². The second kappa shape index (κ2) is 5.97. The maximum atomic E-state index is 13.6. The van der Waals surface area contributed by atoms with Crippen LogP contribution in [0.25, 0.3) is 0 Å². The number of nitrogens with one attached hydrogen (secondary N) is 2. The van der Waals surface area contributed by atoms with Crippen LogP contribution in [0.4, 0.5) is 14.5 Å². The lowest BCUT2D eigenvalue weighted by molar-refractivity contribution is 0.0692. The fourth-order valence-corrected chi connectivity index (χ4v) is 2.21. The van der Waals surface area contributed by atoms with Crippen molar-refractivity contribution in [3.05, 3.63) is 29.3 Å². The van der Waals surface area contributed by atoms with Crippen LogP contribution in [-0.2, 0) is 0 Å². The number of hydrogen-bond acceptors (Lipinski definition) is 3. The van der Waals surface area contributed by atoms with Gasteiger partial charge in [0, 0.05) is 12.1 Å². The zero-order valence-electron chi connectivity index (χ0n) is 10.4. The summed E-state index contributed by atoms with van der Waals surface area (Å²) in [5.41, 5.74) is -0.471. The molecule has 0 spiro atoms. The highest BCUT2D eigenvalue weighted by atomic mass is 19.1. The minimum atomic E-state index is -1.40. The third kappa shape index (κ3) is 3.41. The number of carboxylic acids is 1. The molecule has 1 saturated heterocycles. The summed E-state index contributed by atoms with van der Waals surface area (Å²) in [4.78, 5) is 10.8. The molecule has 104 valence electrons. The van der Waals surface area contributed by atoms with E-state index in [1.807, 2.05) is 0 Å². The Morgan fingerprint density at radius 2 is 2.05 bits per heavy atom. The van der Waals surface area contributed by atoms with Crippen molar-refractivity contribution in [2.45, 2.75) is 25.3 Å². The average molecular weight is 270 g/mol. The molecule has 1 aromatic carbocycles. The van der Waals surface area contributed by atoms with E-state index in [1.165, 1.54) is 0 Å². The summed E-state index contributed by atoms with van der Waals surface area (Å²) in [7, 11) is 0. The van der Waals surface area contributed by atoms with E-state index >= 15 is 0 Å². The Bertz CT molecular complexity index is 472. The second-order valence-electron chi connectivity index (χ2n) is 4.64. The molecule has 3 N–H and O–H groups in total. The molecule has 0 radical (unpaired) electrons. The van der Waals surface area contributed by atoms with Gasteiger partial charge in [-0.1, -0.05) is 0 Å². The number of anilines is 1. The number of aromatic carboxylic acids is 1. The predicted octanol–water partition coefficient (Wildman–Crippen LogP) is 2.22. The highest BCUT2D eigenvalue weighted by Gasteiger charge is 2.18. The van der Waals surface area contributed by atoms with Crippen LogP contribution < -0.4 is 10.6 Å². The molecular weight excluding hydrogens is 254 g/mol. The molecule has 0 aromatic heterocycles. The smallest absolute Gasteiger partial charge is 0.338 e. The Kier molecular flexibility index (Phi) is 4.31. The van der Waals surface area contributed by atoms with Crippen molar-refractivity contribution in [3.8, 4) is 0 Å². The van der Waals surface area contributed by atoms with Gasteiger partial charge in [-0.15, -0.1) is 0 Å². The van der Waals surface area contributed by atoms with E-state index < -0.39 is 23.2 Å². The van der Waals surface area contributed by atoms with Crippen molar-refractivity contribution >= 4 is 11.7 Å². The number of carboxylic acid groups (broad SMARTS) is 1. The highest BCUT2D eigenvalue weighted by Crippen LogP contribution is 2.22. The van der Waals surface area contributed by atoms with E-state index in [1.54, 1.807) is 0 Å². The van der Waals surface area contributed by atoms with Gasteiger partial charge >= 0.3 is 5.97 Å². The van der Waals surface area contributed by atoms with Crippen LogP contribution >= 0.6 is 0 Å². The maximum absolute atomic E-state index is 13.6. The first-order valence-electron chi connectivity index (χ1n) is 6.27. The van der Waals surface area contributed by atoms with E-state index in [2.05, 4.69) is 10.6 Å². The van der Waals surface area contributed by atoms with Gasteiger partial charge in [0.1, 0.15) is 11.6 Å². The van der Waals surface area contributed by atoms with Crippen molar-refractivity contribution in [1.82, 2.24) is 5.32 Å². The third-order valence-corrected chi connectivity index (χ3v) is 3.22. The Labute approximate surface area is 109 Å². The van der Waals surface area contributed by atoms with Crippen molar-refractivity contribution in [3.63, 3.8) is 0 Å². The molecule has 2 rings (SSSR count). The minimum absolute atomic E-state index is 0.0469. The Hall–Kier alpha value is -1.69. The lowest BCUT2D eigenvalue weighted by atomic mass is 10.1. The van der Waals surface area contributed by atoms with Crippen LogP contribution in [-0.4, -0.2) is 30.2 Å². The van der Waals surface area contributed by atoms with E-state index in [-0.39, 0.29) is 11.7 Å². The predicted molar refractivity (Wildman–Crippen MR) is 67.4 cm³/mol. The van der Waals surface area contributed by atoms with E-state index in [9.17, 15) is 13.6 Å². The SMILES string of the molecule is O=C(O)c1cc(NC2CCCNCC2)c(F)cc1F. The fourth-order valence-electron chi connectivity index (χ4n) is 2.21. The molecule has 0 saturated carbocycles. The van der Waals surface area contributed by atoms with Crippen LogP contribution in [0.5, 0.6) is 0 Å². The molecule has 19 heavy (non-hydrogen) atoms. The number of hydrogen-bond donors (Lipinski definition) is 3. The van der Waals surface area contributed by atoms with Crippen molar-refractivity contribution in [2.75, 3.05) is 18.4 Å². The van der Waals surface area contributed by atoms with Gasteiger partial charge in [0.15, 0.2) is 0 Å². The van der Waals surface area contributed by atoms with Gasteiger partial charge in [0.25, 0.3) is 0 Å². The van der Waals surface area contributed by atoms with Gasteiger partial charge in [-0.25, -0.2) is 13.6 Å². The summed E-state index contributed by atoms with van der Waals surface area (Å²) < 4.78 is 26.9. The van der Waals surface area contributed by atoms with Crippen LogP contribution in [0.1, 0.15) is 29.6 Å². The first-order chi connectivity index (χ1) is 9.08. The number of halogens is 2. The molecule has 0 aliphatic carbocycles. The molecular formula is C13H16F2N2O2. The third-order valence-electron chi connectivity index (χ3n) is 3.22. The van der Waals surface area contributed by atoms with Gasteiger partial charge in [-0.2, -0.15) is 0 Å². The fraction of sp³-hybridized carbons (Fsp3) is 0.462. The topological polar surface area (TPSA) is 61.4 Å². The molecule has 1 aliphatic heterocycles. The van der Waals surface area contributed by atoms with Crippen molar-refractivity contribution in [1.29, 1.82) is 0 Å². The van der Waals surface area contributed by atoms with Crippen molar-refractivity contribution < 1.29 is 18.7 Å². The van der Waals surface area contributed by atoms with Gasteiger partial charge in [-0.05, 0) is 38.4 Å². The Morgan fingerprint density at radius 3 is 2.79 bits per heavy atom. The van der Waals surface area contributed by atoms with Gasteiger partial charge in [0.05, 0.1) is 11.3 Å². The molecule has 4 nitrogen and oxygen atoms in total. The van der Waals surface area contributed by atoms with Gasteiger partial charge < -0.3 is 15.7 Å². The average Bonchev–Trinajstić information content (AvgIpc) is 2.60. The van der Waals surface area contributed by atoms with Crippen LogP contribution in [0, 0.1) is 11.6 Å². The second-order valence-corrected chi connectivity index (χ2v) is 4.64. The van der Waals surface area contributed by atoms with E-state index in [0.29, 0.717) is 6.07 Å². The maximum Gasteiger partial charge on any atom is 0.338 e. The summed E-state index contributed by atoms with van der Waals surface area (Å²) in [6.07, 6.45) is 2.65. The standard InChI is InChI=1S/C13H16F2N2O2/c14-10-7-11(15)12(6-9(10)13(18)19)17-8-2-1-4-16-5-3-8/h6-8,16-17H,1-5H2,(H,18,19). The van der Waals surface area contributed by atoms with Crippen LogP contribution in [0.2, 0.25) is 0 Å². The summed E-state index contributed by atoms with van der Waals surface area (Å²) >= 11 is 0. The quantitative estimate of drug-likeness (QED) is 0.788. The molecule has 1 fully saturated rings. The minimum Gasteiger partial charge on any atom is -0.478 e. The molecule has 1 aliphatic rings. The Balaban J connectivity index is 2.19. The normalized spacial score (nSPS) is 19.8. The highest BCUT2D eigenvalue weighted by molar-refractivity contribution is 5.89. The zero-order chi connectivity index (χ0) is 13.8. The van der Waals surface area contributed by atoms with Gasteiger partial charge in [0.2, 0.25) is 0 Å². The molecule has 1 unspecified atom stereocenters. The first-order valence-corrected chi connectivity index (χ1v) is 6.27. The largest absolute Gasteiger partial charge is 0.478 e. The summed E-state index contributed by atoms with van der Waals surface area (Å²) in [6, 6.07) is 1.70. The Morgan fingerprint density at radius 1 is 1.26 bits per heavy atom. The molecule has 1 heterocycles. The molecule has 1 atom stereocenters. The lowest BCUT2D eigenvalue weighted by Gasteiger charge is -2.18. The number of rotatable bonds is 3. The van der Waals surface area contributed by atoms with Crippen molar-refractivity contribution in [2.24, 2.45) is 0 Å². The lowest BCUT2D eigenvalue weighted by Crippen LogP contribution is -2.22. The van der Waals surface area contributed by atoms with Gasteiger partial charge in [-0.3, -0.25) is 0 Å². The number of benzene rings is 1. The molecule has 6 heteroatoms. The molecule has 0 bridgehead atoms. The van der Waals surface area contributed by atoms with Crippen LogP contribution in [0.15, 0.2) is 12.1 Å². The van der Waals surface area contributed by atoms with E-state index in [4.69, 9.17) is 5.11 Å². The number of carbonyl (C=O) groups is 1. The van der Waals surface area contributed by atoms with Crippen LogP contribution in [0.3, 0.4) is 0 Å².